The number of fused-ring (bicyclic) bond motifs is 2. The van der Waals surface area contributed by atoms with Gasteiger partial charge in [-0.2, -0.15) is 11.8 Å². The maximum Gasteiger partial charge on any atom is 0.277 e. The molecule has 0 saturated heterocycles. The number of hydrogen-bond donors (Lipinski definition) is 1. The van der Waals surface area contributed by atoms with Gasteiger partial charge in [-0.1, -0.05) is 0 Å². The quantitative estimate of drug-likeness (QED) is 0.791. The molecule has 1 aliphatic heterocycles. The van der Waals surface area contributed by atoms with Gasteiger partial charge in [0.2, 0.25) is 0 Å². The van der Waals surface area contributed by atoms with Crippen LogP contribution >= 0.6 is 27.7 Å². The number of aromatic nitrogens is 3. The fourth-order valence-electron chi connectivity index (χ4n) is 1.58. The standard InChI is InChI=1S/C8H6BrN3OS/c9-5-1-10-12-7(5)11-6-3-14-2-4(6)8(12)13/h1,10H,2-3H2. The van der Waals surface area contributed by atoms with Crippen molar-refractivity contribution in [2.45, 2.75) is 11.5 Å². The van der Waals surface area contributed by atoms with Crippen molar-refractivity contribution in [2.24, 2.45) is 0 Å². The Bertz CT molecular complexity index is 574. The van der Waals surface area contributed by atoms with E-state index in [1.165, 1.54) is 4.52 Å². The van der Waals surface area contributed by atoms with E-state index < -0.39 is 0 Å². The summed E-state index contributed by atoms with van der Waals surface area (Å²) in [6.07, 6.45) is 1.73. The zero-order valence-electron chi connectivity index (χ0n) is 7.08. The Kier molecular flexibility index (Phi) is 1.75. The van der Waals surface area contributed by atoms with Crippen LogP contribution in [0.5, 0.6) is 0 Å². The summed E-state index contributed by atoms with van der Waals surface area (Å²) in [6.45, 7) is 0. The number of thioether (sulfide) groups is 1. The first-order valence-corrected chi connectivity index (χ1v) is 6.07. The number of nitrogens with zero attached hydrogens (tertiary/aromatic N) is 2. The van der Waals surface area contributed by atoms with Crippen LogP contribution in [-0.4, -0.2) is 14.6 Å². The molecule has 0 fully saturated rings. The van der Waals surface area contributed by atoms with Crippen LogP contribution in [0, 0.1) is 0 Å². The molecular weight excluding hydrogens is 266 g/mol. The lowest BCUT2D eigenvalue weighted by Gasteiger charge is -1.98. The number of rotatable bonds is 0. The molecule has 0 radical (unpaired) electrons. The van der Waals surface area contributed by atoms with E-state index in [0.29, 0.717) is 5.65 Å². The van der Waals surface area contributed by atoms with Crippen molar-refractivity contribution in [3.05, 3.63) is 32.3 Å². The number of hydrogen-bond acceptors (Lipinski definition) is 3. The molecule has 0 saturated carbocycles. The van der Waals surface area contributed by atoms with E-state index in [9.17, 15) is 4.79 Å². The molecule has 3 rings (SSSR count). The molecule has 0 unspecified atom stereocenters. The second-order valence-corrected chi connectivity index (χ2v) is 4.96. The van der Waals surface area contributed by atoms with Crippen LogP contribution in [0.25, 0.3) is 5.65 Å². The third kappa shape index (κ3) is 1.01. The van der Waals surface area contributed by atoms with Crippen molar-refractivity contribution >= 4 is 33.3 Å². The second-order valence-electron chi connectivity index (χ2n) is 3.12. The molecule has 0 aromatic carbocycles. The van der Waals surface area contributed by atoms with Gasteiger partial charge < -0.3 is 0 Å². The summed E-state index contributed by atoms with van der Waals surface area (Å²) in [5.74, 6) is 1.62. The largest absolute Gasteiger partial charge is 0.296 e. The molecule has 6 heteroatoms. The van der Waals surface area contributed by atoms with Crippen LogP contribution in [0.3, 0.4) is 0 Å². The van der Waals surface area contributed by atoms with Gasteiger partial charge in [0.15, 0.2) is 5.65 Å². The summed E-state index contributed by atoms with van der Waals surface area (Å²) in [5.41, 5.74) is 2.47. The number of aromatic amines is 1. The molecular formula is C8H6BrN3OS. The van der Waals surface area contributed by atoms with Crippen LogP contribution in [-0.2, 0) is 11.5 Å². The van der Waals surface area contributed by atoms with Gasteiger partial charge in [-0.3, -0.25) is 9.89 Å². The number of nitrogens with one attached hydrogen (secondary N) is 1. The molecule has 1 aliphatic rings. The third-order valence-corrected chi connectivity index (χ3v) is 3.84. The predicted octanol–water partition coefficient (Wildman–Crippen LogP) is 1.53. The zero-order valence-corrected chi connectivity index (χ0v) is 9.48. The zero-order chi connectivity index (χ0) is 9.71. The average Bonchev–Trinajstić information content (AvgIpc) is 2.75. The average molecular weight is 272 g/mol. The Hall–Kier alpha value is -0.750. The first kappa shape index (κ1) is 8.55. The molecule has 0 bridgehead atoms. The maximum absolute atomic E-state index is 11.9. The van der Waals surface area contributed by atoms with E-state index in [-0.39, 0.29) is 5.56 Å². The highest BCUT2D eigenvalue weighted by molar-refractivity contribution is 9.10. The minimum absolute atomic E-state index is 0.0284. The third-order valence-electron chi connectivity index (χ3n) is 2.28. The number of halogens is 1. The van der Waals surface area contributed by atoms with Crippen molar-refractivity contribution in [1.29, 1.82) is 0 Å². The van der Waals surface area contributed by atoms with Crippen molar-refractivity contribution in [2.75, 3.05) is 0 Å². The van der Waals surface area contributed by atoms with E-state index >= 15 is 0 Å². The maximum atomic E-state index is 11.9. The lowest BCUT2D eigenvalue weighted by atomic mass is 10.3. The van der Waals surface area contributed by atoms with Crippen LogP contribution in [0.1, 0.15) is 11.3 Å². The highest BCUT2D eigenvalue weighted by atomic mass is 79.9. The molecule has 0 aliphatic carbocycles. The van der Waals surface area contributed by atoms with Gasteiger partial charge in [0.05, 0.1) is 15.7 Å². The molecule has 14 heavy (non-hydrogen) atoms. The SMILES string of the molecule is O=c1c2c(nc3c(Br)c[nH]n13)CSC2. The Morgan fingerprint density at radius 3 is 3.29 bits per heavy atom. The summed E-state index contributed by atoms with van der Waals surface area (Å²) < 4.78 is 2.31. The highest BCUT2D eigenvalue weighted by Crippen LogP contribution is 2.27. The predicted molar refractivity (Wildman–Crippen MR) is 58.5 cm³/mol. The molecule has 0 amide bonds. The lowest BCUT2D eigenvalue weighted by Crippen LogP contribution is -2.19. The molecule has 72 valence electrons. The van der Waals surface area contributed by atoms with Crippen molar-refractivity contribution < 1.29 is 0 Å². The normalized spacial score (nSPS) is 14.9. The monoisotopic (exact) mass is 271 g/mol. The summed E-state index contributed by atoms with van der Waals surface area (Å²) in [5, 5.41) is 2.87. The molecule has 1 N–H and O–H groups in total. The first-order chi connectivity index (χ1) is 6.77. The number of H-pyrrole nitrogens is 1. The van der Waals surface area contributed by atoms with Crippen LogP contribution in [0.2, 0.25) is 0 Å². The Balaban J connectivity index is 2.52. The Morgan fingerprint density at radius 2 is 2.43 bits per heavy atom. The van der Waals surface area contributed by atoms with Gasteiger partial charge in [0, 0.05) is 17.7 Å². The molecule has 3 heterocycles. The molecule has 4 nitrogen and oxygen atoms in total. The summed E-state index contributed by atoms with van der Waals surface area (Å²) in [4.78, 5) is 16.3. The van der Waals surface area contributed by atoms with E-state index in [1.54, 1.807) is 18.0 Å². The van der Waals surface area contributed by atoms with Crippen molar-refractivity contribution in [1.82, 2.24) is 14.6 Å². The van der Waals surface area contributed by atoms with Crippen molar-refractivity contribution in [3.8, 4) is 0 Å². The summed E-state index contributed by atoms with van der Waals surface area (Å²) in [6, 6.07) is 0. The summed E-state index contributed by atoms with van der Waals surface area (Å²) in [7, 11) is 0. The van der Waals surface area contributed by atoms with Crippen LogP contribution < -0.4 is 5.56 Å². The fraction of sp³-hybridized carbons (Fsp3) is 0.250. The van der Waals surface area contributed by atoms with E-state index in [1.807, 2.05) is 0 Å². The Labute approximate surface area is 91.8 Å². The first-order valence-electron chi connectivity index (χ1n) is 4.12. The fourth-order valence-corrected chi connectivity index (χ4v) is 2.98. The summed E-state index contributed by atoms with van der Waals surface area (Å²) >= 11 is 5.08. The Morgan fingerprint density at radius 1 is 1.57 bits per heavy atom. The molecule has 2 aromatic heterocycles. The van der Waals surface area contributed by atoms with E-state index in [4.69, 9.17) is 0 Å². The van der Waals surface area contributed by atoms with Gasteiger partial charge >= 0.3 is 0 Å². The van der Waals surface area contributed by atoms with Crippen LogP contribution in [0.4, 0.5) is 0 Å². The minimum atomic E-state index is 0.0284. The van der Waals surface area contributed by atoms with Gasteiger partial charge in [0.25, 0.3) is 5.56 Å². The molecule has 2 aromatic rings. The van der Waals surface area contributed by atoms with Gasteiger partial charge in [0.1, 0.15) is 0 Å². The molecule has 0 spiro atoms. The smallest absolute Gasteiger partial charge is 0.277 e. The molecule has 0 atom stereocenters. The topological polar surface area (TPSA) is 50.2 Å². The van der Waals surface area contributed by atoms with E-state index in [0.717, 1.165) is 27.2 Å². The van der Waals surface area contributed by atoms with Gasteiger partial charge in [-0.05, 0) is 15.9 Å². The van der Waals surface area contributed by atoms with Crippen molar-refractivity contribution in [3.63, 3.8) is 0 Å². The van der Waals surface area contributed by atoms with Gasteiger partial charge in [-0.15, -0.1) is 0 Å². The van der Waals surface area contributed by atoms with Crippen LogP contribution in [0.15, 0.2) is 15.5 Å². The second kappa shape index (κ2) is 2.87. The lowest BCUT2D eigenvalue weighted by molar-refractivity contribution is 0.874. The highest BCUT2D eigenvalue weighted by Gasteiger charge is 2.19. The minimum Gasteiger partial charge on any atom is -0.296 e. The van der Waals surface area contributed by atoms with E-state index in [2.05, 4.69) is 26.0 Å². The van der Waals surface area contributed by atoms with Gasteiger partial charge in [-0.25, -0.2) is 9.50 Å².